The summed E-state index contributed by atoms with van der Waals surface area (Å²) >= 11 is 4.58. The maximum Gasteiger partial charge on any atom is 0.218 e. The molecule has 96 valence electrons. The van der Waals surface area contributed by atoms with E-state index in [1.807, 2.05) is 0 Å². The molecule has 0 amide bonds. The molecule has 0 spiro atoms. The summed E-state index contributed by atoms with van der Waals surface area (Å²) in [6.07, 6.45) is 0. The van der Waals surface area contributed by atoms with Crippen LogP contribution in [0.15, 0.2) is 4.52 Å². The van der Waals surface area contributed by atoms with Crippen LogP contribution in [-0.4, -0.2) is 24.3 Å². The van der Waals surface area contributed by atoms with Crippen LogP contribution < -0.4 is 10.5 Å². The highest BCUT2D eigenvalue weighted by molar-refractivity contribution is 7.92. The fourth-order valence-corrected chi connectivity index (χ4v) is 3.25. The van der Waals surface area contributed by atoms with Crippen molar-refractivity contribution in [3.63, 3.8) is 0 Å². The molecule has 0 fully saturated rings. The third kappa shape index (κ3) is 3.76. The van der Waals surface area contributed by atoms with Gasteiger partial charge in [0, 0.05) is 11.6 Å². The van der Waals surface area contributed by atoms with Gasteiger partial charge in [-0.2, -0.15) is 0 Å². The quantitative estimate of drug-likeness (QED) is 0.763. The smallest absolute Gasteiger partial charge is 0.218 e. The Kier molecular flexibility index (Phi) is 4.23. The lowest BCUT2D eigenvalue weighted by molar-refractivity contribution is 0.391. The molecule has 0 saturated carbocycles. The molecule has 1 unspecified atom stereocenters. The van der Waals surface area contributed by atoms with Crippen molar-refractivity contribution in [3.05, 3.63) is 17.0 Å². The van der Waals surface area contributed by atoms with Gasteiger partial charge in [0.1, 0.15) is 11.5 Å². The molecule has 3 N–H and O–H groups in total. The van der Waals surface area contributed by atoms with E-state index < -0.39 is 16.1 Å². The Bertz CT molecular complexity index is 502. The Balaban J connectivity index is 2.87. The number of aryl methyl sites for hydroxylation is 2. The molecule has 0 bridgehead atoms. The van der Waals surface area contributed by atoms with Crippen LogP contribution in [0.3, 0.4) is 0 Å². The molecule has 0 saturated heterocycles. The van der Waals surface area contributed by atoms with E-state index in [4.69, 9.17) is 10.3 Å². The summed E-state index contributed by atoms with van der Waals surface area (Å²) in [6.45, 7) is 5.20. The molecular weight excluding hydrogens is 262 g/mol. The van der Waals surface area contributed by atoms with E-state index in [-0.39, 0.29) is 10.7 Å². The normalized spacial score (nSPS) is 13.6. The monoisotopic (exact) mass is 277 g/mol. The summed E-state index contributed by atoms with van der Waals surface area (Å²) in [6, 6.07) is -0.430. The number of nitrogens with zero attached hydrogens (tertiary/aromatic N) is 1. The van der Waals surface area contributed by atoms with E-state index in [9.17, 15) is 8.42 Å². The van der Waals surface area contributed by atoms with Gasteiger partial charge in [0.15, 0.2) is 0 Å². The van der Waals surface area contributed by atoms with Gasteiger partial charge in [0.05, 0.1) is 10.7 Å². The van der Waals surface area contributed by atoms with Gasteiger partial charge in [-0.3, -0.25) is 0 Å². The van der Waals surface area contributed by atoms with Crippen LogP contribution in [0.4, 0.5) is 0 Å². The summed E-state index contributed by atoms with van der Waals surface area (Å²) < 4.78 is 30.7. The van der Waals surface area contributed by atoms with Crippen LogP contribution in [-0.2, 0) is 10.0 Å². The summed E-state index contributed by atoms with van der Waals surface area (Å²) in [5.41, 5.74) is 6.61. The number of hydrogen-bond donors (Lipinski definition) is 2. The van der Waals surface area contributed by atoms with Crippen LogP contribution in [0.25, 0.3) is 0 Å². The van der Waals surface area contributed by atoms with Gasteiger partial charge in [-0.25, -0.2) is 13.1 Å². The second-order valence-electron chi connectivity index (χ2n) is 3.80. The van der Waals surface area contributed by atoms with Crippen molar-refractivity contribution in [3.8, 4) is 0 Å². The van der Waals surface area contributed by atoms with Crippen molar-refractivity contribution in [2.75, 3.05) is 5.75 Å². The van der Waals surface area contributed by atoms with Crippen LogP contribution in [0.5, 0.6) is 0 Å². The standard InChI is InChI=1S/C9H15N3O3S2/c1-5-9(7(3)15-11-5)6(2)12-17(13,14)4-8(10)16/h6,12H,4H2,1-3H3,(H2,10,16). The largest absolute Gasteiger partial charge is 0.392 e. The Morgan fingerprint density at radius 1 is 1.59 bits per heavy atom. The number of thiocarbonyl (C=S) groups is 1. The zero-order valence-corrected chi connectivity index (χ0v) is 11.5. The topological polar surface area (TPSA) is 98.2 Å². The molecule has 0 radical (unpaired) electrons. The minimum Gasteiger partial charge on any atom is -0.392 e. The minimum atomic E-state index is -3.53. The lowest BCUT2D eigenvalue weighted by Gasteiger charge is -2.13. The van der Waals surface area contributed by atoms with Crippen molar-refractivity contribution in [2.45, 2.75) is 26.8 Å². The van der Waals surface area contributed by atoms with E-state index in [1.165, 1.54) is 0 Å². The number of sulfonamides is 1. The van der Waals surface area contributed by atoms with Gasteiger partial charge in [0.2, 0.25) is 10.0 Å². The van der Waals surface area contributed by atoms with Gasteiger partial charge >= 0.3 is 0 Å². The molecule has 1 aromatic rings. The van der Waals surface area contributed by atoms with Crippen molar-refractivity contribution in [1.29, 1.82) is 0 Å². The molecule has 0 aliphatic rings. The van der Waals surface area contributed by atoms with Gasteiger partial charge < -0.3 is 10.3 Å². The minimum absolute atomic E-state index is 0.0662. The molecule has 0 aromatic carbocycles. The van der Waals surface area contributed by atoms with Crippen LogP contribution >= 0.6 is 12.2 Å². The molecule has 0 aliphatic carbocycles. The number of nitrogens with two attached hydrogens (primary N) is 1. The number of nitrogens with one attached hydrogen (secondary N) is 1. The number of aromatic nitrogens is 1. The van der Waals surface area contributed by atoms with Gasteiger partial charge in [-0.15, -0.1) is 0 Å². The fraction of sp³-hybridized carbons (Fsp3) is 0.556. The maximum absolute atomic E-state index is 11.6. The number of hydrogen-bond acceptors (Lipinski definition) is 5. The van der Waals surface area contributed by atoms with E-state index in [1.54, 1.807) is 20.8 Å². The van der Waals surface area contributed by atoms with Gasteiger partial charge in [-0.05, 0) is 20.8 Å². The van der Waals surface area contributed by atoms with Crippen LogP contribution in [0, 0.1) is 13.8 Å². The molecule has 0 aliphatic heterocycles. The first kappa shape index (κ1) is 14.1. The van der Waals surface area contributed by atoms with Crippen molar-refractivity contribution in [1.82, 2.24) is 9.88 Å². The summed E-state index contributed by atoms with van der Waals surface area (Å²) in [5.74, 6) is 0.226. The molecule has 8 heteroatoms. The lowest BCUT2D eigenvalue weighted by atomic mass is 10.1. The fourth-order valence-electron chi connectivity index (χ4n) is 1.67. The van der Waals surface area contributed by atoms with E-state index in [2.05, 4.69) is 22.1 Å². The summed E-state index contributed by atoms with van der Waals surface area (Å²) in [5, 5.41) is 3.77. The molecule has 1 heterocycles. The van der Waals surface area contributed by atoms with Gasteiger partial charge in [0.25, 0.3) is 0 Å². The highest BCUT2D eigenvalue weighted by atomic mass is 32.2. The highest BCUT2D eigenvalue weighted by Crippen LogP contribution is 2.21. The highest BCUT2D eigenvalue weighted by Gasteiger charge is 2.21. The summed E-state index contributed by atoms with van der Waals surface area (Å²) in [7, 11) is -3.53. The van der Waals surface area contributed by atoms with Crippen LogP contribution in [0.1, 0.15) is 30.0 Å². The lowest BCUT2D eigenvalue weighted by Crippen LogP contribution is -2.34. The summed E-state index contributed by atoms with van der Waals surface area (Å²) in [4.78, 5) is -0.0662. The van der Waals surface area contributed by atoms with Crippen molar-refractivity contribution in [2.24, 2.45) is 5.73 Å². The van der Waals surface area contributed by atoms with E-state index >= 15 is 0 Å². The predicted molar refractivity (Wildman–Crippen MR) is 68.1 cm³/mol. The van der Waals surface area contributed by atoms with Crippen molar-refractivity contribution >= 4 is 27.2 Å². The average molecular weight is 277 g/mol. The third-order valence-corrected chi connectivity index (χ3v) is 3.94. The Morgan fingerprint density at radius 2 is 2.18 bits per heavy atom. The first-order valence-corrected chi connectivity index (χ1v) is 7.00. The van der Waals surface area contributed by atoms with E-state index in [0.29, 0.717) is 11.5 Å². The Morgan fingerprint density at radius 3 is 2.59 bits per heavy atom. The second kappa shape index (κ2) is 5.11. The average Bonchev–Trinajstić information content (AvgIpc) is 2.42. The molecular formula is C9H15N3O3S2. The maximum atomic E-state index is 11.6. The zero-order valence-electron chi connectivity index (χ0n) is 9.85. The first-order valence-electron chi connectivity index (χ1n) is 4.94. The zero-order chi connectivity index (χ0) is 13.2. The predicted octanol–water partition coefficient (Wildman–Crippen LogP) is 0.558. The molecule has 1 atom stereocenters. The molecule has 1 rings (SSSR count). The molecule has 1 aromatic heterocycles. The number of rotatable bonds is 5. The van der Waals surface area contributed by atoms with E-state index in [0.717, 1.165) is 5.56 Å². The molecule has 17 heavy (non-hydrogen) atoms. The van der Waals surface area contributed by atoms with Crippen LogP contribution in [0.2, 0.25) is 0 Å². The SMILES string of the molecule is Cc1noc(C)c1C(C)NS(=O)(=O)CC(N)=S. The van der Waals surface area contributed by atoms with Gasteiger partial charge in [-0.1, -0.05) is 17.4 Å². The Hall–Kier alpha value is -0.990. The third-order valence-electron chi connectivity index (χ3n) is 2.21. The second-order valence-corrected chi connectivity index (χ2v) is 6.08. The molecule has 6 nitrogen and oxygen atoms in total. The first-order chi connectivity index (χ1) is 7.73. The Labute approximate surface area is 106 Å². The van der Waals surface area contributed by atoms with Crippen molar-refractivity contribution < 1.29 is 12.9 Å².